The molecule has 42 heavy (non-hydrogen) atoms. The van der Waals surface area contributed by atoms with Gasteiger partial charge in [-0.15, -0.1) is 0 Å². The van der Waals surface area contributed by atoms with Gasteiger partial charge in [0.2, 0.25) is 11.8 Å². The van der Waals surface area contributed by atoms with E-state index in [1.165, 1.54) is 0 Å². The maximum atomic E-state index is 13.9. The molecule has 3 aromatic rings. The topological polar surface area (TPSA) is 116 Å². The second-order valence-electron chi connectivity index (χ2n) is 12.2. The van der Waals surface area contributed by atoms with Gasteiger partial charge in [-0.1, -0.05) is 48.5 Å². The van der Waals surface area contributed by atoms with Crippen LogP contribution in [-0.2, 0) is 33.8 Å². The predicted octanol–water partition coefficient (Wildman–Crippen LogP) is 4.75. The Balaban J connectivity index is 1.30. The number of aromatic carboxylic acids is 1. The average molecular weight is 572 g/mol. The van der Waals surface area contributed by atoms with E-state index in [1.54, 1.807) is 28.0 Å². The summed E-state index contributed by atoms with van der Waals surface area (Å²) in [5, 5.41) is 14.6. The number of likely N-dealkylation sites (tertiary alicyclic amines) is 1. The molecule has 220 valence electrons. The number of carbonyl (C=O) groups excluding carboxylic acids is 3. The molecule has 0 unspecified atom stereocenters. The molecule has 3 amide bonds. The summed E-state index contributed by atoms with van der Waals surface area (Å²) in [4.78, 5) is 54.6. The highest BCUT2D eigenvalue weighted by atomic mass is 16.6. The molecular formula is C33H37N3O6. The van der Waals surface area contributed by atoms with Crippen LogP contribution in [0.3, 0.4) is 0 Å². The van der Waals surface area contributed by atoms with Crippen molar-refractivity contribution < 1.29 is 29.0 Å². The van der Waals surface area contributed by atoms with Gasteiger partial charge >= 0.3 is 12.1 Å². The lowest BCUT2D eigenvalue weighted by Gasteiger charge is -2.33. The summed E-state index contributed by atoms with van der Waals surface area (Å²) >= 11 is 0. The maximum absolute atomic E-state index is 13.9. The quantitative estimate of drug-likeness (QED) is 0.441. The zero-order valence-electron chi connectivity index (χ0n) is 24.3. The van der Waals surface area contributed by atoms with Gasteiger partial charge in [0.25, 0.3) is 0 Å². The molecular weight excluding hydrogens is 534 g/mol. The molecule has 0 saturated carbocycles. The average Bonchev–Trinajstić information content (AvgIpc) is 3.39. The Morgan fingerprint density at radius 1 is 0.905 bits per heavy atom. The van der Waals surface area contributed by atoms with E-state index in [9.17, 15) is 24.3 Å². The van der Waals surface area contributed by atoms with Crippen LogP contribution in [0.5, 0.6) is 0 Å². The van der Waals surface area contributed by atoms with Gasteiger partial charge in [0, 0.05) is 38.5 Å². The Morgan fingerprint density at radius 3 is 2.29 bits per heavy atom. The molecule has 2 heterocycles. The molecule has 1 fully saturated rings. The van der Waals surface area contributed by atoms with Crippen molar-refractivity contribution in [2.75, 3.05) is 13.1 Å². The van der Waals surface area contributed by atoms with Crippen LogP contribution >= 0.6 is 0 Å². The van der Waals surface area contributed by atoms with Gasteiger partial charge in [-0.3, -0.25) is 9.59 Å². The molecule has 9 nitrogen and oxygen atoms in total. The van der Waals surface area contributed by atoms with Crippen LogP contribution < -0.4 is 5.32 Å². The third-order valence-corrected chi connectivity index (χ3v) is 7.87. The van der Waals surface area contributed by atoms with E-state index < -0.39 is 17.6 Å². The third kappa shape index (κ3) is 6.73. The van der Waals surface area contributed by atoms with Crippen LogP contribution in [0, 0.1) is 5.92 Å². The lowest BCUT2D eigenvalue weighted by Crippen LogP contribution is -2.51. The highest BCUT2D eigenvalue weighted by Crippen LogP contribution is 2.26. The molecule has 9 heteroatoms. The molecule has 0 aromatic heterocycles. The second kappa shape index (κ2) is 11.8. The van der Waals surface area contributed by atoms with Crippen molar-refractivity contribution in [1.82, 2.24) is 15.1 Å². The Bertz CT molecular complexity index is 1520. The van der Waals surface area contributed by atoms with Crippen LogP contribution in [-0.4, -0.2) is 63.5 Å². The minimum atomic E-state index is -1.01. The predicted molar refractivity (Wildman–Crippen MR) is 158 cm³/mol. The first kappa shape index (κ1) is 29.1. The molecule has 0 spiro atoms. The van der Waals surface area contributed by atoms with Crippen LogP contribution in [0.2, 0.25) is 0 Å². The summed E-state index contributed by atoms with van der Waals surface area (Å²) < 4.78 is 5.47. The number of carboxylic acids is 1. The Hall–Kier alpha value is -4.40. The number of rotatable bonds is 6. The molecule has 2 aliphatic heterocycles. The van der Waals surface area contributed by atoms with Gasteiger partial charge in [-0.2, -0.15) is 0 Å². The number of hydrogen-bond acceptors (Lipinski definition) is 5. The molecule has 3 aromatic carbocycles. The van der Waals surface area contributed by atoms with Crippen molar-refractivity contribution in [1.29, 1.82) is 0 Å². The Labute approximate surface area is 245 Å². The van der Waals surface area contributed by atoms with E-state index in [0.717, 1.165) is 27.5 Å². The number of hydrogen-bond donors (Lipinski definition) is 2. The summed E-state index contributed by atoms with van der Waals surface area (Å²) in [6.45, 7) is 6.92. The fourth-order valence-electron chi connectivity index (χ4n) is 5.65. The number of piperidine rings is 1. The molecule has 1 saturated heterocycles. The lowest BCUT2D eigenvalue weighted by atomic mass is 9.94. The second-order valence-corrected chi connectivity index (χ2v) is 12.2. The molecule has 0 bridgehead atoms. The molecule has 2 N–H and O–H groups in total. The maximum Gasteiger partial charge on any atom is 0.410 e. The largest absolute Gasteiger partial charge is 0.478 e. The van der Waals surface area contributed by atoms with Gasteiger partial charge in [0.05, 0.1) is 5.56 Å². The molecule has 0 radical (unpaired) electrons. The number of benzene rings is 3. The van der Waals surface area contributed by atoms with Crippen LogP contribution in [0.1, 0.15) is 60.7 Å². The number of fused-ring (bicyclic) bond motifs is 2. The van der Waals surface area contributed by atoms with Gasteiger partial charge in [-0.05, 0) is 73.2 Å². The van der Waals surface area contributed by atoms with Crippen molar-refractivity contribution in [2.45, 2.75) is 64.8 Å². The third-order valence-electron chi connectivity index (χ3n) is 7.87. The normalized spacial score (nSPS) is 16.2. The summed E-state index contributed by atoms with van der Waals surface area (Å²) in [5.41, 5.74) is 2.22. The molecule has 2 aliphatic rings. The monoisotopic (exact) mass is 571 g/mol. The zero-order valence-corrected chi connectivity index (χ0v) is 24.3. The van der Waals surface area contributed by atoms with E-state index in [4.69, 9.17) is 4.74 Å². The SMILES string of the molecule is CC(C)(C)OC(=O)N1CCC(C(=O)N[C@H](Cc2ccc3ccccc3c2)C(=O)N2Cc3ccc(C(=O)O)cc3C2)CC1. The van der Waals surface area contributed by atoms with E-state index in [-0.39, 0.29) is 35.9 Å². The minimum Gasteiger partial charge on any atom is -0.478 e. The first-order chi connectivity index (χ1) is 20.0. The summed E-state index contributed by atoms with van der Waals surface area (Å²) in [6.07, 6.45) is 0.897. The van der Waals surface area contributed by atoms with Crippen LogP contribution in [0.4, 0.5) is 4.79 Å². The number of amides is 3. The number of nitrogens with one attached hydrogen (secondary N) is 1. The summed E-state index contributed by atoms with van der Waals surface area (Å²) in [5.74, 6) is -1.76. The van der Waals surface area contributed by atoms with E-state index in [1.807, 2.05) is 63.2 Å². The van der Waals surface area contributed by atoms with E-state index >= 15 is 0 Å². The van der Waals surface area contributed by atoms with E-state index in [2.05, 4.69) is 5.32 Å². The number of carboxylic acid groups (broad SMARTS) is 1. The Kier molecular flexibility index (Phi) is 8.20. The molecule has 0 aliphatic carbocycles. The van der Waals surface area contributed by atoms with Gasteiger partial charge in [-0.25, -0.2) is 9.59 Å². The standard InChI is InChI=1S/C33H37N3O6/c1-33(2,3)42-32(41)35-14-12-23(13-15-35)29(37)34-28(17-21-8-9-22-6-4-5-7-24(22)16-21)30(38)36-19-26-11-10-25(31(39)40)18-27(26)20-36/h4-11,16,18,23,28H,12-15,17,19-20H2,1-3H3,(H,34,37)(H,39,40)/t28-/m1/s1. The minimum absolute atomic E-state index is 0.182. The van der Waals surface area contributed by atoms with E-state index in [0.29, 0.717) is 38.9 Å². The number of nitrogens with zero attached hydrogens (tertiary/aromatic N) is 2. The molecule has 5 rings (SSSR count). The molecule has 1 atom stereocenters. The lowest BCUT2D eigenvalue weighted by molar-refractivity contribution is -0.138. The highest BCUT2D eigenvalue weighted by Gasteiger charge is 2.34. The van der Waals surface area contributed by atoms with Crippen molar-refractivity contribution in [3.8, 4) is 0 Å². The van der Waals surface area contributed by atoms with Crippen LogP contribution in [0.15, 0.2) is 60.7 Å². The van der Waals surface area contributed by atoms with Gasteiger partial charge < -0.3 is 25.0 Å². The fraction of sp³-hybridized carbons (Fsp3) is 0.394. The first-order valence-electron chi connectivity index (χ1n) is 14.4. The smallest absolute Gasteiger partial charge is 0.410 e. The first-order valence-corrected chi connectivity index (χ1v) is 14.4. The fourth-order valence-corrected chi connectivity index (χ4v) is 5.65. The van der Waals surface area contributed by atoms with Crippen LogP contribution in [0.25, 0.3) is 10.8 Å². The summed E-state index contributed by atoms with van der Waals surface area (Å²) in [7, 11) is 0. The van der Waals surface area contributed by atoms with Crippen molar-refractivity contribution in [2.24, 2.45) is 5.92 Å². The number of carbonyl (C=O) groups is 4. The highest BCUT2D eigenvalue weighted by molar-refractivity contribution is 5.90. The van der Waals surface area contributed by atoms with Crippen molar-refractivity contribution >= 4 is 34.6 Å². The van der Waals surface area contributed by atoms with Gasteiger partial charge in [0.15, 0.2) is 0 Å². The Morgan fingerprint density at radius 2 is 1.60 bits per heavy atom. The van der Waals surface area contributed by atoms with Crippen molar-refractivity contribution in [3.05, 3.63) is 82.9 Å². The number of ether oxygens (including phenoxy) is 1. The zero-order chi connectivity index (χ0) is 30.0. The van der Waals surface area contributed by atoms with Crippen molar-refractivity contribution in [3.63, 3.8) is 0 Å². The van der Waals surface area contributed by atoms with Gasteiger partial charge in [0.1, 0.15) is 11.6 Å². The summed E-state index contributed by atoms with van der Waals surface area (Å²) in [6, 6.07) is 18.1.